The molecule has 1 aromatic carbocycles. The average molecular weight is 244 g/mol. The molecule has 3 rings (SSSR count). The number of amides is 1. The number of thiazole rings is 1. The summed E-state index contributed by atoms with van der Waals surface area (Å²) in [7, 11) is 0. The van der Waals surface area contributed by atoms with Crippen molar-refractivity contribution in [2.24, 2.45) is 0 Å². The molecule has 2 aromatic heterocycles. The van der Waals surface area contributed by atoms with Crippen molar-refractivity contribution in [3.05, 3.63) is 41.9 Å². The third-order valence-electron chi connectivity index (χ3n) is 2.33. The summed E-state index contributed by atoms with van der Waals surface area (Å²) in [6, 6.07) is 5.62. The van der Waals surface area contributed by atoms with Crippen molar-refractivity contribution < 1.29 is 4.79 Å². The molecular weight excluding hydrogens is 236 g/mol. The number of imidazole rings is 1. The van der Waals surface area contributed by atoms with Crippen molar-refractivity contribution >= 4 is 33.1 Å². The molecule has 5 nitrogen and oxygen atoms in total. The van der Waals surface area contributed by atoms with Crippen LogP contribution >= 0.6 is 11.3 Å². The molecule has 0 aliphatic heterocycles. The van der Waals surface area contributed by atoms with E-state index in [4.69, 9.17) is 0 Å². The molecule has 2 N–H and O–H groups in total. The van der Waals surface area contributed by atoms with Gasteiger partial charge < -0.3 is 10.3 Å². The van der Waals surface area contributed by atoms with Gasteiger partial charge in [0.05, 0.1) is 28.3 Å². The molecule has 0 saturated heterocycles. The summed E-state index contributed by atoms with van der Waals surface area (Å²) in [5.41, 5.74) is 3.91. The van der Waals surface area contributed by atoms with Crippen LogP contribution in [0.4, 0.5) is 5.69 Å². The predicted molar refractivity (Wildman–Crippen MR) is 66.2 cm³/mol. The lowest BCUT2D eigenvalue weighted by Gasteiger charge is -2.02. The molecule has 17 heavy (non-hydrogen) atoms. The van der Waals surface area contributed by atoms with Crippen molar-refractivity contribution in [2.45, 2.75) is 0 Å². The highest BCUT2D eigenvalue weighted by atomic mass is 32.1. The van der Waals surface area contributed by atoms with E-state index in [-0.39, 0.29) is 5.91 Å². The Bertz CT molecular complexity index is 659. The second-order valence-electron chi connectivity index (χ2n) is 3.45. The lowest BCUT2D eigenvalue weighted by atomic mass is 10.3. The molecule has 0 unspecified atom stereocenters. The van der Waals surface area contributed by atoms with E-state index in [1.165, 1.54) is 12.5 Å². The molecule has 0 radical (unpaired) electrons. The third kappa shape index (κ3) is 1.90. The molecule has 0 atom stereocenters. The fraction of sp³-hybridized carbons (Fsp3) is 0. The number of carbonyl (C=O) groups excluding carboxylic acids is 1. The van der Waals surface area contributed by atoms with E-state index in [9.17, 15) is 4.79 Å². The van der Waals surface area contributed by atoms with Crippen LogP contribution in [0, 0.1) is 0 Å². The quantitative estimate of drug-likeness (QED) is 0.726. The van der Waals surface area contributed by atoms with E-state index >= 15 is 0 Å². The Hall–Kier alpha value is -2.21. The zero-order valence-corrected chi connectivity index (χ0v) is 9.49. The maximum Gasteiger partial charge on any atom is 0.273 e. The Kier molecular flexibility index (Phi) is 2.34. The number of anilines is 1. The molecule has 0 fully saturated rings. The second kappa shape index (κ2) is 3.99. The van der Waals surface area contributed by atoms with Crippen molar-refractivity contribution in [3.63, 3.8) is 0 Å². The summed E-state index contributed by atoms with van der Waals surface area (Å²) in [6.45, 7) is 0. The SMILES string of the molecule is O=C(Nc1ccc2ncsc2c1)c1cnc[nH]1. The Morgan fingerprint density at radius 2 is 2.35 bits per heavy atom. The number of H-pyrrole nitrogens is 1. The predicted octanol–water partition coefficient (Wildman–Crippen LogP) is 2.27. The number of hydrogen-bond acceptors (Lipinski definition) is 4. The number of aromatic nitrogens is 3. The first-order valence-corrected chi connectivity index (χ1v) is 5.84. The van der Waals surface area contributed by atoms with Crippen molar-refractivity contribution in [2.75, 3.05) is 5.32 Å². The van der Waals surface area contributed by atoms with Gasteiger partial charge in [0.2, 0.25) is 0 Å². The Balaban J connectivity index is 1.87. The van der Waals surface area contributed by atoms with Gasteiger partial charge >= 0.3 is 0 Å². The zero-order valence-electron chi connectivity index (χ0n) is 8.68. The zero-order chi connectivity index (χ0) is 11.7. The number of fused-ring (bicyclic) bond motifs is 1. The van der Waals surface area contributed by atoms with Gasteiger partial charge in [0.15, 0.2) is 0 Å². The van der Waals surface area contributed by atoms with Gasteiger partial charge in [0.25, 0.3) is 5.91 Å². The monoisotopic (exact) mass is 244 g/mol. The van der Waals surface area contributed by atoms with Crippen LogP contribution in [0.3, 0.4) is 0 Å². The summed E-state index contributed by atoms with van der Waals surface area (Å²) in [5.74, 6) is -0.202. The molecule has 0 spiro atoms. The van der Waals surface area contributed by atoms with Crippen molar-refractivity contribution in [3.8, 4) is 0 Å². The molecule has 0 saturated carbocycles. The molecule has 0 aliphatic rings. The standard InChI is InChI=1S/C11H8N4OS/c16-11(9-4-12-5-13-9)15-7-1-2-8-10(3-7)17-6-14-8/h1-6H,(H,12,13)(H,15,16). The highest BCUT2D eigenvalue weighted by Crippen LogP contribution is 2.21. The number of aromatic amines is 1. The fourth-order valence-corrected chi connectivity index (χ4v) is 2.23. The van der Waals surface area contributed by atoms with Gasteiger partial charge in [-0.25, -0.2) is 9.97 Å². The molecular formula is C11H8N4OS. The molecule has 6 heteroatoms. The van der Waals surface area contributed by atoms with Gasteiger partial charge in [0, 0.05) is 5.69 Å². The van der Waals surface area contributed by atoms with Gasteiger partial charge in [0.1, 0.15) is 5.69 Å². The smallest absolute Gasteiger partial charge is 0.273 e. The number of hydrogen-bond donors (Lipinski definition) is 2. The van der Waals surface area contributed by atoms with Crippen molar-refractivity contribution in [1.82, 2.24) is 15.0 Å². The van der Waals surface area contributed by atoms with Crippen LogP contribution in [0.1, 0.15) is 10.5 Å². The Morgan fingerprint density at radius 1 is 1.41 bits per heavy atom. The second-order valence-corrected chi connectivity index (χ2v) is 4.34. The summed E-state index contributed by atoms with van der Waals surface area (Å²) in [4.78, 5) is 22.5. The van der Waals surface area contributed by atoms with E-state index in [2.05, 4.69) is 20.3 Å². The molecule has 2 heterocycles. The lowest BCUT2D eigenvalue weighted by molar-refractivity contribution is 0.102. The number of nitrogens with zero attached hydrogens (tertiary/aromatic N) is 2. The van der Waals surface area contributed by atoms with Crippen LogP contribution in [0.2, 0.25) is 0 Å². The van der Waals surface area contributed by atoms with Crippen LogP contribution in [0.15, 0.2) is 36.2 Å². The first-order chi connectivity index (χ1) is 8.33. The van der Waals surface area contributed by atoms with E-state index in [0.717, 1.165) is 15.9 Å². The Morgan fingerprint density at radius 3 is 3.18 bits per heavy atom. The average Bonchev–Trinajstić information content (AvgIpc) is 2.99. The van der Waals surface area contributed by atoms with Gasteiger partial charge in [-0.05, 0) is 18.2 Å². The highest BCUT2D eigenvalue weighted by molar-refractivity contribution is 7.16. The minimum atomic E-state index is -0.202. The molecule has 3 aromatic rings. The van der Waals surface area contributed by atoms with E-state index in [1.807, 2.05) is 18.2 Å². The minimum absolute atomic E-state index is 0.202. The number of carbonyl (C=O) groups is 1. The minimum Gasteiger partial charge on any atom is -0.341 e. The third-order valence-corrected chi connectivity index (χ3v) is 3.12. The number of rotatable bonds is 2. The van der Waals surface area contributed by atoms with Crippen molar-refractivity contribution in [1.29, 1.82) is 0 Å². The maximum absolute atomic E-state index is 11.8. The molecule has 84 valence electrons. The number of benzene rings is 1. The maximum atomic E-state index is 11.8. The summed E-state index contributed by atoms with van der Waals surface area (Å²) >= 11 is 1.54. The summed E-state index contributed by atoms with van der Waals surface area (Å²) < 4.78 is 1.05. The van der Waals surface area contributed by atoms with Gasteiger partial charge in [-0.2, -0.15) is 0 Å². The van der Waals surface area contributed by atoms with E-state index in [0.29, 0.717) is 5.69 Å². The van der Waals surface area contributed by atoms with Gasteiger partial charge in [-0.1, -0.05) is 0 Å². The molecule has 0 bridgehead atoms. The van der Waals surface area contributed by atoms with Gasteiger partial charge in [-0.3, -0.25) is 4.79 Å². The lowest BCUT2D eigenvalue weighted by Crippen LogP contribution is -2.11. The molecule has 0 aliphatic carbocycles. The summed E-state index contributed by atoms with van der Waals surface area (Å²) in [5, 5.41) is 2.79. The fourth-order valence-electron chi connectivity index (χ4n) is 1.51. The van der Waals surface area contributed by atoms with E-state index in [1.54, 1.807) is 16.8 Å². The van der Waals surface area contributed by atoms with Crippen LogP contribution in [0.25, 0.3) is 10.2 Å². The van der Waals surface area contributed by atoms with Crippen LogP contribution < -0.4 is 5.32 Å². The van der Waals surface area contributed by atoms with Crippen LogP contribution in [-0.4, -0.2) is 20.9 Å². The number of nitrogens with one attached hydrogen (secondary N) is 2. The normalized spacial score (nSPS) is 10.6. The topological polar surface area (TPSA) is 70.7 Å². The van der Waals surface area contributed by atoms with E-state index < -0.39 is 0 Å². The van der Waals surface area contributed by atoms with Crippen LogP contribution in [0.5, 0.6) is 0 Å². The summed E-state index contributed by atoms with van der Waals surface area (Å²) in [6.07, 6.45) is 2.96. The largest absolute Gasteiger partial charge is 0.341 e. The molecule has 1 amide bonds. The highest BCUT2D eigenvalue weighted by Gasteiger charge is 2.07. The van der Waals surface area contributed by atoms with Gasteiger partial charge in [-0.15, -0.1) is 11.3 Å². The Labute approximate surface area is 101 Å². The first-order valence-electron chi connectivity index (χ1n) is 4.96. The van der Waals surface area contributed by atoms with Crippen LogP contribution in [-0.2, 0) is 0 Å². The first kappa shape index (κ1) is 9.98.